The molecule has 0 unspecified atom stereocenters. The topological polar surface area (TPSA) is 92.2 Å². The minimum atomic E-state index is -0.254. The summed E-state index contributed by atoms with van der Waals surface area (Å²) >= 11 is 0. The molecule has 2 amide bonds. The van der Waals surface area contributed by atoms with Gasteiger partial charge in [-0.15, -0.1) is 0 Å². The van der Waals surface area contributed by atoms with Crippen LogP contribution >= 0.6 is 0 Å². The molecule has 0 spiro atoms. The minimum absolute atomic E-state index is 0.104. The second-order valence-electron chi connectivity index (χ2n) is 7.09. The van der Waals surface area contributed by atoms with Crippen LogP contribution in [0.5, 0.6) is 0 Å². The summed E-state index contributed by atoms with van der Waals surface area (Å²) in [6.07, 6.45) is 3.43. The number of nitrogens with zero attached hydrogens (tertiary/aromatic N) is 4. The predicted octanol–water partition coefficient (Wildman–Crippen LogP) is 1.66. The average Bonchev–Trinajstić information content (AvgIpc) is 3.28. The second kappa shape index (κ2) is 7.48. The van der Waals surface area contributed by atoms with Crippen LogP contribution in [0.3, 0.4) is 0 Å². The van der Waals surface area contributed by atoms with Gasteiger partial charge < -0.3 is 10.2 Å². The molecule has 2 aliphatic heterocycles. The van der Waals surface area contributed by atoms with Crippen LogP contribution in [0.1, 0.15) is 47.8 Å². The summed E-state index contributed by atoms with van der Waals surface area (Å²) in [6, 6.07) is 7.15. The fourth-order valence-electron chi connectivity index (χ4n) is 3.68. The van der Waals surface area contributed by atoms with Crippen LogP contribution < -0.4 is 15.5 Å². The van der Waals surface area contributed by atoms with E-state index in [1.54, 1.807) is 34.8 Å². The lowest BCUT2D eigenvalue weighted by atomic mass is 9.98. The Labute approximate surface area is 158 Å². The number of carbonyl (C=O) groups is 2. The number of benzene rings is 1. The number of carbonyl (C=O) groups excluding carboxylic acids is 2. The van der Waals surface area contributed by atoms with Gasteiger partial charge in [-0.25, -0.2) is 4.68 Å². The minimum Gasteiger partial charge on any atom is -0.317 e. The van der Waals surface area contributed by atoms with E-state index in [9.17, 15) is 9.59 Å². The molecule has 0 saturated carbocycles. The van der Waals surface area contributed by atoms with E-state index >= 15 is 0 Å². The molecule has 2 saturated heterocycles. The number of aryl methyl sites for hydroxylation is 1. The van der Waals surface area contributed by atoms with E-state index in [0.29, 0.717) is 30.4 Å². The zero-order valence-electron chi connectivity index (χ0n) is 15.4. The Kier molecular flexibility index (Phi) is 4.89. The zero-order valence-corrected chi connectivity index (χ0v) is 15.4. The first kappa shape index (κ1) is 17.7. The first-order valence-electron chi connectivity index (χ1n) is 9.45. The summed E-state index contributed by atoms with van der Waals surface area (Å²) < 4.78 is 1.61. The van der Waals surface area contributed by atoms with Crippen LogP contribution in [0.15, 0.2) is 24.3 Å². The summed E-state index contributed by atoms with van der Waals surface area (Å²) in [5.41, 5.74) is 1.26. The Hall–Kier alpha value is -2.74. The molecular weight excluding hydrogens is 344 g/mol. The highest BCUT2D eigenvalue weighted by atomic mass is 16.2. The first-order chi connectivity index (χ1) is 13.1. The van der Waals surface area contributed by atoms with Gasteiger partial charge in [0.15, 0.2) is 5.82 Å². The van der Waals surface area contributed by atoms with Crippen LogP contribution in [-0.4, -0.2) is 46.2 Å². The number of piperidine rings is 1. The van der Waals surface area contributed by atoms with Gasteiger partial charge in [0.2, 0.25) is 11.9 Å². The number of aromatic nitrogens is 3. The van der Waals surface area contributed by atoms with Crippen molar-refractivity contribution >= 4 is 23.5 Å². The van der Waals surface area contributed by atoms with E-state index < -0.39 is 0 Å². The maximum atomic E-state index is 12.7. The number of anilines is 2. The van der Waals surface area contributed by atoms with Crippen molar-refractivity contribution in [3.05, 3.63) is 35.7 Å². The quantitative estimate of drug-likeness (QED) is 0.856. The number of amides is 2. The monoisotopic (exact) mass is 368 g/mol. The molecule has 1 aromatic carbocycles. The number of hydrogen-bond donors (Lipinski definition) is 2. The van der Waals surface area contributed by atoms with Gasteiger partial charge in [-0.05, 0) is 50.6 Å². The van der Waals surface area contributed by atoms with Crippen molar-refractivity contribution in [2.24, 2.45) is 7.05 Å². The fourth-order valence-corrected chi connectivity index (χ4v) is 3.68. The Balaban J connectivity index is 1.49. The van der Waals surface area contributed by atoms with E-state index in [2.05, 4.69) is 20.7 Å². The number of hydrogen-bond acceptors (Lipinski definition) is 5. The molecule has 2 N–H and O–H groups in total. The van der Waals surface area contributed by atoms with Crippen LogP contribution in [0, 0.1) is 0 Å². The SMILES string of the molecule is Cn1nc(C2CCNCC2)nc1NC(=O)c1cccc(N2CCCC2=O)c1. The maximum Gasteiger partial charge on any atom is 0.258 e. The molecule has 0 atom stereocenters. The fraction of sp³-hybridized carbons (Fsp3) is 0.474. The molecule has 27 heavy (non-hydrogen) atoms. The van der Waals surface area contributed by atoms with Crippen molar-refractivity contribution in [2.45, 2.75) is 31.6 Å². The van der Waals surface area contributed by atoms with Crippen molar-refractivity contribution < 1.29 is 9.59 Å². The molecule has 2 aliphatic rings. The molecule has 4 rings (SSSR count). The molecule has 0 aliphatic carbocycles. The van der Waals surface area contributed by atoms with E-state index in [4.69, 9.17) is 0 Å². The highest BCUT2D eigenvalue weighted by Gasteiger charge is 2.23. The van der Waals surface area contributed by atoms with Crippen molar-refractivity contribution in [2.75, 3.05) is 29.9 Å². The number of rotatable bonds is 4. The van der Waals surface area contributed by atoms with Gasteiger partial charge in [-0.3, -0.25) is 14.9 Å². The Bertz CT molecular complexity index is 856. The summed E-state index contributed by atoms with van der Waals surface area (Å²) in [4.78, 5) is 30.9. The molecule has 2 aromatic rings. The second-order valence-corrected chi connectivity index (χ2v) is 7.09. The molecule has 3 heterocycles. The lowest BCUT2D eigenvalue weighted by Gasteiger charge is -2.19. The molecule has 0 radical (unpaired) electrons. The summed E-state index contributed by atoms with van der Waals surface area (Å²) in [6.45, 7) is 2.63. The van der Waals surface area contributed by atoms with Crippen molar-refractivity contribution in [3.63, 3.8) is 0 Å². The van der Waals surface area contributed by atoms with Gasteiger partial charge in [0, 0.05) is 37.2 Å². The van der Waals surface area contributed by atoms with Gasteiger partial charge in [0.05, 0.1) is 0 Å². The Morgan fingerprint density at radius 2 is 2.11 bits per heavy atom. The Morgan fingerprint density at radius 1 is 1.30 bits per heavy atom. The van der Waals surface area contributed by atoms with Gasteiger partial charge in [-0.1, -0.05) is 6.07 Å². The summed E-state index contributed by atoms with van der Waals surface area (Å²) in [5.74, 6) is 1.40. The van der Waals surface area contributed by atoms with Gasteiger partial charge in [-0.2, -0.15) is 10.1 Å². The van der Waals surface area contributed by atoms with Crippen LogP contribution in [0.2, 0.25) is 0 Å². The largest absolute Gasteiger partial charge is 0.317 e. The molecule has 8 heteroatoms. The van der Waals surface area contributed by atoms with E-state index in [1.165, 1.54) is 0 Å². The lowest BCUT2D eigenvalue weighted by Crippen LogP contribution is -2.27. The van der Waals surface area contributed by atoms with E-state index in [0.717, 1.165) is 43.9 Å². The molecule has 2 fully saturated rings. The maximum absolute atomic E-state index is 12.7. The van der Waals surface area contributed by atoms with Crippen molar-refractivity contribution in [1.82, 2.24) is 20.1 Å². The Morgan fingerprint density at radius 3 is 2.85 bits per heavy atom. The van der Waals surface area contributed by atoms with Gasteiger partial charge in [0.1, 0.15) is 0 Å². The predicted molar refractivity (Wildman–Crippen MR) is 102 cm³/mol. The smallest absolute Gasteiger partial charge is 0.258 e. The first-order valence-corrected chi connectivity index (χ1v) is 9.45. The third kappa shape index (κ3) is 3.71. The third-order valence-electron chi connectivity index (χ3n) is 5.20. The van der Waals surface area contributed by atoms with E-state index in [-0.39, 0.29) is 11.8 Å². The molecule has 142 valence electrons. The molecule has 8 nitrogen and oxygen atoms in total. The standard InChI is InChI=1S/C19H24N6O2/c1-24-19(21-17(23-24)13-7-9-20-10-8-13)22-18(27)14-4-2-5-15(12-14)25-11-3-6-16(25)26/h2,4-5,12-13,20H,3,6-11H2,1H3,(H,21,22,23,27). The molecule has 0 bridgehead atoms. The number of nitrogens with one attached hydrogen (secondary N) is 2. The van der Waals surface area contributed by atoms with Gasteiger partial charge in [0.25, 0.3) is 5.91 Å². The van der Waals surface area contributed by atoms with Crippen LogP contribution in [0.25, 0.3) is 0 Å². The zero-order chi connectivity index (χ0) is 18.8. The van der Waals surface area contributed by atoms with Gasteiger partial charge >= 0.3 is 0 Å². The molecular formula is C19H24N6O2. The lowest BCUT2D eigenvalue weighted by molar-refractivity contribution is -0.117. The summed E-state index contributed by atoms with van der Waals surface area (Å²) in [7, 11) is 1.78. The van der Waals surface area contributed by atoms with E-state index in [1.807, 2.05) is 6.07 Å². The highest BCUT2D eigenvalue weighted by molar-refractivity contribution is 6.05. The highest BCUT2D eigenvalue weighted by Crippen LogP contribution is 2.24. The summed E-state index contributed by atoms with van der Waals surface area (Å²) in [5, 5.41) is 10.7. The third-order valence-corrected chi connectivity index (χ3v) is 5.20. The van der Waals surface area contributed by atoms with Crippen molar-refractivity contribution in [1.29, 1.82) is 0 Å². The van der Waals surface area contributed by atoms with Crippen LogP contribution in [-0.2, 0) is 11.8 Å². The normalized spacial score (nSPS) is 18.1. The average molecular weight is 368 g/mol. The van der Waals surface area contributed by atoms with Crippen LogP contribution in [0.4, 0.5) is 11.6 Å². The van der Waals surface area contributed by atoms with Crippen molar-refractivity contribution in [3.8, 4) is 0 Å². The molecule has 1 aromatic heterocycles.